The van der Waals surface area contributed by atoms with E-state index in [0.29, 0.717) is 5.88 Å². The van der Waals surface area contributed by atoms with Gasteiger partial charge in [0.1, 0.15) is 0 Å². The number of nitrogens with zero attached hydrogens (tertiary/aromatic N) is 1. The molecule has 0 atom stereocenters. The summed E-state index contributed by atoms with van der Waals surface area (Å²) in [5, 5.41) is 0. The molecule has 0 aromatic heterocycles. The molecule has 0 radical (unpaired) electrons. The van der Waals surface area contributed by atoms with Gasteiger partial charge >= 0.3 is 0 Å². The zero-order chi connectivity index (χ0) is 13.8. The number of benzene rings is 1. The minimum atomic E-state index is 0.161. The van der Waals surface area contributed by atoms with E-state index in [2.05, 4.69) is 32.0 Å². The number of hydrogen-bond donors (Lipinski definition) is 0. The van der Waals surface area contributed by atoms with Crippen LogP contribution in [0.25, 0.3) is 0 Å². The van der Waals surface area contributed by atoms with Gasteiger partial charge in [-0.2, -0.15) is 0 Å². The van der Waals surface area contributed by atoms with Crippen LogP contribution in [0.15, 0.2) is 18.2 Å². The van der Waals surface area contributed by atoms with Gasteiger partial charge < -0.3 is 4.90 Å². The first-order chi connectivity index (χ1) is 9.21. The largest absolute Gasteiger partial charge is 0.312 e. The Bertz CT molecular complexity index is 454. The van der Waals surface area contributed by atoms with Crippen molar-refractivity contribution in [3.63, 3.8) is 0 Å². The van der Waals surface area contributed by atoms with E-state index in [1.165, 1.54) is 11.1 Å². The standard InChI is InChI=1S/C16H22ClNO/c1-3-13(4-2)16(19)18-10-8-14-11-12(7-9-17)5-6-15(14)18/h5-6,11,13H,3-4,7-10H2,1-2H3. The molecule has 104 valence electrons. The lowest BCUT2D eigenvalue weighted by Crippen LogP contribution is -2.34. The summed E-state index contributed by atoms with van der Waals surface area (Å²) in [5.74, 6) is 1.09. The number of carbonyl (C=O) groups is 1. The van der Waals surface area contributed by atoms with E-state index in [-0.39, 0.29) is 11.8 Å². The first-order valence-corrected chi connectivity index (χ1v) is 7.73. The summed E-state index contributed by atoms with van der Waals surface area (Å²) in [7, 11) is 0. The van der Waals surface area contributed by atoms with Gasteiger partial charge in [-0.05, 0) is 42.9 Å². The number of halogens is 1. The molecule has 0 aliphatic carbocycles. The molecular formula is C16H22ClNO. The van der Waals surface area contributed by atoms with E-state index < -0.39 is 0 Å². The molecule has 1 aliphatic rings. The van der Waals surface area contributed by atoms with Gasteiger partial charge in [-0.25, -0.2) is 0 Å². The molecule has 1 aliphatic heterocycles. The topological polar surface area (TPSA) is 20.3 Å². The summed E-state index contributed by atoms with van der Waals surface area (Å²) < 4.78 is 0. The van der Waals surface area contributed by atoms with Crippen LogP contribution in [0.3, 0.4) is 0 Å². The number of aryl methyl sites for hydroxylation is 1. The van der Waals surface area contributed by atoms with Crippen LogP contribution in [0.2, 0.25) is 0 Å². The summed E-state index contributed by atoms with van der Waals surface area (Å²) in [4.78, 5) is 14.5. The van der Waals surface area contributed by atoms with Crippen molar-refractivity contribution in [2.45, 2.75) is 39.5 Å². The monoisotopic (exact) mass is 279 g/mol. The van der Waals surface area contributed by atoms with Gasteiger partial charge in [-0.3, -0.25) is 4.79 Å². The Morgan fingerprint density at radius 3 is 2.74 bits per heavy atom. The second kappa shape index (κ2) is 6.42. The van der Waals surface area contributed by atoms with Gasteiger partial charge in [0.2, 0.25) is 5.91 Å². The minimum Gasteiger partial charge on any atom is -0.312 e. The van der Waals surface area contributed by atoms with Crippen molar-refractivity contribution < 1.29 is 4.79 Å². The molecule has 0 bridgehead atoms. The molecule has 1 heterocycles. The van der Waals surface area contributed by atoms with Crippen molar-refractivity contribution in [2.75, 3.05) is 17.3 Å². The first-order valence-electron chi connectivity index (χ1n) is 7.20. The third kappa shape index (κ3) is 2.94. The molecule has 0 saturated heterocycles. The number of rotatable bonds is 5. The molecule has 0 fully saturated rings. The van der Waals surface area contributed by atoms with Crippen molar-refractivity contribution in [3.05, 3.63) is 29.3 Å². The van der Waals surface area contributed by atoms with E-state index in [1.807, 2.05) is 4.90 Å². The van der Waals surface area contributed by atoms with Crippen LogP contribution in [0.1, 0.15) is 37.8 Å². The SMILES string of the molecule is CCC(CC)C(=O)N1CCc2cc(CCCl)ccc21. The quantitative estimate of drug-likeness (QED) is 0.751. The van der Waals surface area contributed by atoms with Gasteiger partial charge in [-0.15, -0.1) is 11.6 Å². The smallest absolute Gasteiger partial charge is 0.230 e. The van der Waals surface area contributed by atoms with Crippen molar-refractivity contribution in [1.82, 2.24) is 0 Å². The lowest BCUT2D eigenvalue weighted by atomic mass is 10.0. The molecular weight excluding hydrogens is 258 g/mol. The fourth-order valence-electron chi connectivity index (χ4n) is 2.81. The number of anilines is 1. The Balaban J connectivity index is 2.20. The summed E-state index contributed by atoms with van der Waals surface area (Å²) >= 11 is 5.78. The van der Waals surface area contributed by atoms with Crippen LogP contribution in [-0.4, -0.2) is 18.3 Å². The Kier molecular flexibility index (Phi) is 4.87. The van der Waals surface area contributed by atoms with E-state index in [1.54, 1.807) is 0 Å². The van der Waals surface area contributed by atoms with Crippen LogP contribution >= 0.6 is 11.6 Å². The third-order valence-corrected chi connectivity index (χ3v) is 4.21. The molecule has 19 heavy (non-hydrogen) atoms. The van der Waals surface area contributed by atoms with Gasteiger partial charge in [0.25, 0.3) is 0 Å². The van der Waals surface area contributed by atoms with Crippen LogP contribution in [0.5, 0.6) is 0 Å². The average molecular weight is 280 g/mol. The van der Waals surface area contributed by atoms with Crippen LogP contribution in [0.4, 0.5) is 5.69 Å². The first kappa shape index (κ1) is 14.4. The maximum Gasteiger partial charge on any atom is 0.230 e. The molecule has 2 rings (SSSR count). The maximum absolute atomic E-state index is 12.5. The normalized spacial score (nSPS) is 14.0. The molecule has 3 heteroatoms. The van der Waals surface area contributed by atoms with E-state index in [9.17, 15) is 4.79 Å². The molecule has 2 nitrogen and oxygen atoms in total. The highest BCUT2D eigenvalue weighted by Gasteiger charge is 2.28. The third-order valence-electron chi connectivity index (χ3n) is 4.02. The minimum absolute atomic E-state index is 0.161. The van der Waals surface area contributed by atoms with Gasteiger partial charge in [0, 0.05) is 24.0 Å². The molecule has 0 N–H and O–H groups in total. The molecule has 1 amide bonds. The highest BCUT2D eigenvalue weighted by molar-refractivity contribution is 6.18. The van der Waals surface area contributed by atoms with Gasteiger partial charge in [0.05, 0.1) is 0 Å². The molecule has 0 unspecified atom stereocenters. The lowest BCUT2D eigenvalue weighted by Gasteiger charge is -2.22. The van der Waals surface area contributed by atoms with E-state index in [4.69, 9.17) is 11.6 Å². The van der Waals surface area contributed by atoms with Crippen molar-refractivity contribution >= 4 is 23.2 Å². The van der Waals surface area contributed by atoms with Crippen molar-refractivity contribution in [1.29, 1.82) is 0 Å². The summed E-state index contributed by atoms with van der Waals surface area (Å²) in [5.41, 5.74) is 3.67. The van der Waals surface area contributed by atoms with Crippen LogP contribution < -0.4 is 4.90 Å². The van der Waals surface area contributed by atoms with Crippen molar-refractivity contribution in [2.24, 2.45) is 5.92 Å². The number of hydrogen-bond acceptors (Lipinski definition) is 1. The average Bonchev–Trinajstić information content (AvgIpc) is 2.83. The lowest BCUT2D eigenvalue weighted by molar-refractivity contribution is -0.122. The zero-order valence-electron chi connectivity index (χ0n) is 11.8. The van der Waals surface area contributed by atoms with Crippen molar-refractivity contribution in [3.8, 4) is 0 Å². The molecule has 0 spiro atoms. The van der Waals surface area contributed by atoms with Crippen LogP contribution in [-0.2, 0) is 17.6 Å². The van der Waals surface area contributed by atoms with Gasteiger partial charge in [-0.1, -0.05) is 26.0 Å². The molecule has 1 aromatic carbocycles. The molecule has 1 aromatic rings. The number of carbonyl (C=O) groups excluding carboxylic acids is 1. The number of amides is 1. The Morgan fingerprint density at radius 1 is 1.37 bits per heavy atom. The summed E-state index contributed by atoms with van der Waals surface area (Å²) in [6, 6.07) is 6.39. The zero-order valence-corrected chi connectivity index (χ0v) is 12.5. The Labute approximate surface area is 120 Å². The predicted molar refractivity (Wildman–Crippen MR) is 81.0 cm³/mol. The number of fused-ring (bicyclic) bond motifs is 1. The second-order valence-corrected chi connectivity index (χ2v) is 5.53. The van der Waals surface area contributed by atoms with Gasteiger partial charge in [0.15, 0.2) is 0 Å². The van der Waals surface area contributed by atoms with E-state index in [0.717, 1.165) is 37.9 Å². The predicted octanol–water partition coefficient (Wildman–Crippen LogP) is 3.79. The maximum atomic E-state index is 12.5. The fourth-order valence-corrected chi connectivity index (χ4v) is 3.03. The summed E-state index contributed by atoms with van der Waals surface area (Å²) in [6.45, 7) is 5.01. The fraction of sp³-hybridized carbons (Fsp3) is 0.562. The summed E-state index contributed by atoms with van der Waals surface area (Å²) in [6.07, 6.45) is 3.71. The van der Waals surface area contributed by atoms with Crippen LogP contribution in [0, 0.1) is 5.92 Å². The number of alkyl halides is 1. The highest BCUT2D eigenvalue weighted by Crippen LogP contribution is 2.31. The van der Waals surface area contributed by atoms with E-state index >= 15 is 0 Å². The highest BCUT2D eigenvalue weighted by atomic mass is 35.5. The molecule has 0 saturated carbocycles. The Morgan fingerprint density at radius 2 is 2.11 bits per heavy atom. The Hall–Kier alpha value is -1.02. The second-order valence-electron chi connectivity index (χ2n) is 5.16.